The molecule has 144 valence electrons. The third-order valence-corrected chi connectivity index (χ3v) is 5.30. The normalized spacial score (nSPS) is 11.1. The molecule has 0 unspecified atom stereocenters. The predicted molar refractivity (Wildman–Crippen MR) is 113 cm³/mol. The van der Waals surface area contributed by atoms with Gasteiger partial charge in [-0.05, 0) is 45.8 Å². The molecule has 0 spiro atoms. The second-order valence-corrected chi connectivity index (χ2v) is 7.59. The fourth-order valence-electron chi connectivity index (χ4n) is 2.65. The summed E-state index contributed by atoms with van der Waals surface area (Å²) in [5.74, 6) is -0.253. The molecule has 1 N–H and O–H groups in total. The molecule has 0 atom stereocenters. The van der Waals surface area contributed by atoms with E-state index in [9.17, 15) is 4.79 Å². The molecule has 7 nitrogen and oxygen atoms in total. The monoisotopic (exact) mass is 422 g/mol. The minimum atomic E-state index is -0.253. The Labute approximate surface area is 175 Å². The minimum Gasteiger partial charge on any atom is -0.298 e. The molecule has 29 heavy (non-hydrogen) atoms. The van der Waals surface area contributed by atoms with Gasteiger partial charge in [0.15, 0.2) is 5.13 Å². The van der Waals surface area contributed by atoms with Gasteiger partial charge in [-0.15, -0.1) is 16.4 Å². The smallest absolute Gasteiger partial charge is 0.250 e. The molecule has 0 aliphatic carbocycles. The minimum absolute atomic E-state index is 0.253. The number of tetrazole rings is 1. The lowest BCUT2D eigenvalue weighted by Crippen LogP contribution is -2.07. The zero-order chi connectivity index (χ0) is 20.1. The van der Waals surface area contributed by atoms with Gasteiger partial charge in [0.1, 0.15) is 6.33 Å². The van der Waals surface area contributed by atoms with E-state index in [0.29, 0.717) is 11.6 Å². The molecule has 2 aromatic heterocycles. The van der Waals surface area contributed by atoms with Crippen LogP contribution in [0.2, 0.25) is 5.02 Å². The van der Waals surface area contributed by atoms with Gasteiger partial charge in [-0.25, -0.2) is 9.67 Å². The van der Waals surface area contributed by atoms with E-state index in [2.05, 4.69) is 25.8 Å². The van der Waals surface area contributed by atoms with Crippen LogP contribution in [0.4, 0.5) is 5.13 Å². The number of nitrogens with one attached hydrogen (secondary N) is 1. The lowest BCUT2D eigenvalue weighted by atomic mass is 10.1. The van der Waals surface area contributed by atoms with E-state index >= 15 is 0 Å². The maximum absolute atomic E-state index is 12.2. The van der Waals surface area contributed by atoms with Crippen LogP contribution in [0.5, 0.6) is 0 Å². The average molecular weight is 423 g/mol. The van der Waals surface area contributed by atoms with Crippen molar-refractivity contribution in [3.63, 3.8) is 0 Å². The number of rotatable bonds is 6. The molecule has 0 bridgehead atoms. The van der Waals surface area contributed by atoms with Crippen LogP contribution in [0.25, 0.3) is 11.8 Å². The van der Waals surface area contributed by atoms with Crippen LogP contribution in [-0.4, -0.2) is 31.1 Å². The number of nitrogens with zero attached hydrogens (tertiary/aromatic N) is 5. The fourth-order valence-corrected chi connectivity index (χ4v) is 3.69. The Hall–Kier alpha value is -3.36. The maximum Gasteiger partial charge on any atom is 0.250 e. The first-order valence-electron chi connectivity index (χ1n) is 8.68. The van der Waals surface area contributed by atoms with Gasteiger partial charge in [-0.1, -0.05) is 41.9 Å². The highest BCUT2D eigenvalue weighted by atomic mass is 35.5. The van der Waals surface area contributed by atoms with Crippen LogP contribution < -0.4 is 5.32 Å². The summed E-state index contributed by atoms with van der Waals surface area (Å²) < 4.78 is 1.55. The van der Waals surface area contributed by atoms with Gasteiger partial charge in [-0.3, -0.25) is 10.1 Å². The third-order valence-electron chi connectivity index (χ3n) is 4.02. The molecule has 9 heteroatoms. The van der Waals surface area contributed by atoms with E-state index in [1.165, 1.54) is 23.7 Å². The van der Waals surface area contributed by atoms with Crippen molar-refractivity contribution in [1.82, 2.24) is 25.2 Å². The molecule has 4 aromatic rings. The average Bonchev–Trinajstić information content (AvgIpc) is 3.41. The molecular weight excluding hydrogens is 408 g/mol. The van der Waals surface area contributed by atoms with Crippen molar-refractivity contribution in [3.8, 4) is 5.69 Å². The number of carbonyl (C=O) groups is 1. The van der Waals surface area contributed by atoms with Gasteiger partial charge < -0.3 is 0 Å². The van der Waals surface area contributed by atoms with E-state index < -0.39 is 0 Å². The van der Waals surface area contributed by atoms with Crippen molar-refractivity contribution in [2.75, 3.05) is 5.32 Å². The largest absolute Gasteiger partial charge is 0.298 e. The molecule has 0 aliphatic heterocycles. The number of aromatic nitrogens is 5. The summed E-state index contributed by atoms with van der Waals surface area (Å²) in [6.45, 7) is 0. The Kier molecular flexibility index (Phi) is 5.73. The maximum atomic E-state index is 12.2. The van der Waals surface area contributed by atoms with Gasteiger partial charge in [0.25, 0.3) is 0 Å². The summed E-state index contributed by atoms with van der Waals surface area (Å²) in [5.41, 5.74) is 2.69. The van der Waals surface area contributed by atoms with E-state index in [1.54, 1.807) is 17.0 Å². The van der Waals surface area contributed by atoms with E-state index in [-0.39, 0.29) is 5.91 Å². The van der Waals surface area contributed by atoms with Gasteiger partial charge in [0.05, 0.1) is 5.69 Å². The number of thiazole rings is 1. The van der Waals surface area contributed by atoms with Crippen molar-refractivity contribution in [3.05, 3.63) is 88.2 Å². The number of anilines is 1. The second kappa shape index (κ2) is 8.76. The molecule has 1 amide bonds. The van der Waals surface area contributed by atoms with Crippen molar-refractivity contribution in [2.45, 2.75) is 6.42 Å². The highest BCUT2D eigenvalue weighted by molar-refractivity contribution is 7.15. The van der Waals surface area contributed by atoms with Gasteiger partial charge in [0.2, 0.25) is 5.91 Å². The van der Waals surface area contributed by atoms with Gasteiger partial charge in [-0.2, -0.15) is 0 Å². The number of halogens is 1. The van der Waals surface area contributed by atoms with Gasteiger partial charge in [0, 0.05) is 28.6 Å². The molecule has 0 radical (unpaired) electrons. The summed E-state index contributed by atoms with van der Waals surface area (Å²) in [5, 5.41) is 15.1. The number of hydrogen-bond acceptors (Lipinski definition) is 6. The molecule has 0 saturated carbocycles. The van der Waals surface area contributed by atoms with Crippen molar-refractivity contribution in [2.24, 2.45) is 0 Å². The Bertz CT molecular complexity index is 1160. The first-order valence-corrected chi connectivity index (χ1v) is 9.87. The lowest BCUT2D eigenvalue weighted by molar-refractivity contribution is -0.111. The molecule has 0 saturated heterocycles. The fraction of sp³-hybridized carbons (Fsp3) is 0.0500. The Balaban J connectivity index is 1.38. The van der Waals surface area contributed by atoms with Crippen molar-refractivity contribution in [1.29, 1.82) is 0 Å². The Morgan fingerprint density at radius 2 is 2.10 bits per heavy atom. The summed E-state index contributed by atoms with van der Waals surface area (Å²) in [7, 11) is 0. The highest BCUT2D eigenvalue weighted by Gasteiger charge is 2.07. The Morgan fingerprint density at radius 3 is 2.93 bits per heavy atom. The summed E-state index contributed by atoms with van der Waals surface area (Å²) in [4.78, 5) is 17.5. The number of carbonyl (C=O) groups excluding carboxylic acids is 1. The van der Waals surface area contributed by atoms with Gasteiger partial charge >= 0.3 is 0 Å². The summed E-state index contributed by atoms with van der Waals surface area (Å²) in [6.07, 6.45) is 7.13. The zero-order valence-electron chi connectivity index (χ0n) is 15.1. The summed E-state index contributed by atoms with van der Waals surface area (Å²) in [6, 6.07) is 15.2. The molecular formula is C20H15ClN6OS. The molecule has 2 aromatic carbocycles. The van der Waals surface area contributed by atoms with E-state index in [4.69, 9.17) is 11.6 Å². The predicted octanol–water partition coefficient (Wildman–Crippen LogP) is 4.01. The van der Waals surface area contributed by atoms with Crippen LogP contribution in [0.3, 0.4) is 0 Å². The number of hydrogen-bond donors (Lipinski definition) is 1. The molecule has 0 fully saturated rings. The molecule has 0 aliphatic rings. The standard InChI is InChI=1S/C20H15ClN6OS/c21-18-7-2-1-5-15(18)11-17-12-22-20(29-17)24-19(28)9-8-14-4-3-6-16(10-14)27-13-23-25-26-27/h1-10,12-13H,11H2,(H,22,24,28)/b9-8+. The SMILES string of the molecule is O=C(/C=C/c1cccc(-n2cnnn2)c1)Nc1ncc(Cc2ccccc2Cl)s1. The van der Waals surface area contributed by atoms with Crippen LogP contribution in [-0.2, 0) is 11.2 Å². The van der Waals surface area contributed by atoms with E-state index in [1.807, 2.05) is 48.5 Å². The first-order chi connectivity index (χ1) is 14.2. The second-order valence-electron chi connectivity index (χ2n) is 6.07. The zero-order valence-corrected chi connectivity index (χ0v) is 16.6. The van der Waals surface area contributed by atoms with Crippen molar-refractivity contribution < 1.29 is 4.79 Å². The third kappa shape index (κ3) is 4.92. The molecule has 4 rings (SSSR count). The van der Waals surface area contributed by atoms with E-state index in [0.717, 1.165) is 26.7 Å². The molecule has 2 heterocycles. The van der Waals surface area contributed by atoms with Crippen LogP contribution >= 0.6 is 22.9 Å². The Morgan fingerprint density at radius 1 is 1.21 bits per heavy atom. The lowest BCUT2D eigenvalue weighted by Gasteiger charge is -2.01. The quantitative estimate of drug-likeness (QED) is 0.474. The van der Waals surface area contributed by atoms with Crippen molar-refractivity contribution >= 4 is 40.1 Å². The number of benzene rings is 2. The van der Waals surface area contributed by atoms with Crippen LogP contribution in [0.1, 0.15) is 16.0 Å². The number of amides is 1. The van der Waals surface area contributed by atoms with Crippen LogP contribution in [0.15, 0.2) is 67.1 Å². The first kappa shape index (κ1) is 19.0. The topological polar surface area (TPSA) is 85.6 Å². The summed E-state index contributed by atoms with van der Waals surface area (Å²) >= 11 is 7.63. The van der Waals surface area contributed by atoms with Crippen LogP contribution in [0, 0.1) is 0 Å². The highest BCUT2D eigenvalue weighted by Crippen LogP contribution is 2.24.